The van der Waals surface area contributed by atoms with Crippen LogP contribution in [0.1, 0.15) is 17.9 Å². The molecule has 73 valence electrons. The number of rotatable bonds is 4. The summed E-state index contributed by atoms with van der Waals surface area (Å²) < 4.78 is 0. The summed E-state index contributed by atoms with van der Waals surface area (Å²) in [6.45, 7) is 0. The number of hydrogen-bond acceptors (Lipinski definition) is 2. The van der Waals surface area contributed by atoms with Crippen molar-refractivity contribution < 1.29 is 19.8 Å². The molecule has 2 N–H and O–H groups in total. The van der Waals surface area contributed by atoms with E-state index in [0.717, 1.165) is 0 Å². The van der Waals surface area contributed by atoms with Gasteiger partial charge in [-0.2, -0.15) is 0 Å². The number of carbonyl (C=O) groups is 2. The van der Waals surface area contributed by atoms with Crippen molar-refractivity contribution in [1.29, 1.82) is 0 Å². The lowest BCUT2D eigenvalue weighted by Gasteiger charge is -2.09. The third kappa shape index (κ3) is 2.58. The van der Waals surface area contributed by atoms with Crippen LogP contribution in [0.4, 0.5) is 0 Å². The molecule has 0 aliphatic rings. The summed E-state index contributed by atoms with van der Waals surface area (Å²) in [5.74, 6) is -3.23. The van der Waals surface area contributed by atoms with Gasteiger partial charge in [0.25, 0.3) is 0 Å². The summed E-state index contributed by atoms with van der Waals surface area (Å²) >= 11 is 0. The van der Waals surface area contributed by atoms with Gasteiger partial charge in [0, 0.05) is 0 Å². The summed E-state index contributed by atoms with van der Waals surface area (Å²) in [5, 5.41) is 17.3. The molecule has 4 heteroatoms. The molecule has 0 aromatic heterocycles. The van der Waals surface area contributed by atoms with Gasteiger partial charge in [0.1, 0.15) is 0 Å². The zero-order chi connectivity index (χ0) is 10.6. The molecular weight excluding hydrogens is 184 g/mol. The maximum atomic E-state index is 10.8. The zero-order valence-corrected chi connectivity index (χ0v) is 7.30. The molecule has 1 radical (unpaired) electrons. The lowest BCUT2D eigenvalue weighted by atomic mass is 9.96. The topological polar surface area (TPSA) is 74.6 Å². The second-order valence-electron chi connectivity index (χ2n) is 2.82. The minimum atomic E-state index is -1.13. The van der Waals surface area contributed by atoms with Crippen LogP contribution in [0.3, 0.4) is 0 Å². The van der Waals surface area contributed by atoms with Crippen molar-refractivity contribution in [3.05, 3.63) is 35.9 Å². The second kappa shape index (κ2) is 4.41. The molecule has 0 fully saturated rings. The van der Waals surface area contributed by atoms with Crippen LogP contribution in [0.5, 0.6) is 0 Å². The first-order valence-corrected chi connectivity index (χ1v) is 4.02. The van der Waals surface area contributed by atoms with Crippen molar-refractivity contribution in [1.82, 2.24) is 0 Å². The average molecular weight is 193 g/mol. The minimum Gasteiger partial charge on any atom is -0.481 e. The molecular formula is C10H9O4. The molecule has 0 spiro atoms. The Hall–Kier alpha value is -1.84. The Bertz CT molecular complexity index is 331. The SMILES string of the molecule is O=C(O)CC(C(=O)O)c1cc[c]cc1. The van der Waals surface area contributed by atoms with Gasteiger partial charge in [-0.25, -0.2) is 0 Å². The van der Waals surface area contributed by atoms with Gasteiger partial charge < -0.3 is 10.2 Å². The molecule has 0 saturated heterocycles. The molecule has 0 aliphatic carbocycles. The van der Waals surface area contributed by atoms with E-state index in [4.69, 9.17) is 10.2 Å². The van der Waals surface area contributed by atoms with Crippen LogP contribution >= 0.6 is 0 Å². The molecule has 4 nitrogen and oxygen atoms in total. The van der Waals surface area contributed by atoms with Gasteiger partial charge in [-0.05, 0) is 11.6 Å². The van der Waals surface area contributed by atoms with Gasteiger partial charge in [0.05, 0.1) is 12.3 Å². The molecule has 1 rings (SSSR count). The number of carboxylic acid groups (broad SMARTS) is 2. The van der Waals surface area contributed by atoms with E-state index in [-0.39, 0.29) is 0 Å². The molecule has 1 aromatic carbocycles. The monoisotopic (exact) mass is 193 g/mol. The molecule has 0 amide bonds. The van der Waals surface area contributed by atoms with E-state index in [1.54, 1.807) is 24.3 Å². The summed E-state index contributed by atoms with van der Waals surface area (Å²) in [6, 6.07) is 8.98. The summed E-state index contributed by atoms with van der Waals surface area (Å²) in [7, 11) is 0. The Labute approximate surface area is 80.8 Å². The number of aliphatic carboxylic acids is 2. The highest BCUT2D eigenvalue weighted by molar-refractivity contribution is 5.82. The van der Waals surface area contributed by atoms with Crippen LogP contribution in [-0.2, 0) is 9.59 Å². The molecule has 0 saturated carbocycles. The third-order valence-corrected chi connectivity index (χ3v) is 1.82. The van der Waals surface area contributed by atoms with E-state index in [9.17, 15) is 9.59 Å². The predicted octanol–water partition coefficient (Wildman–Crippen LogP) is 1.13. The van der Waals surface area contributed by atoms with Gasteiger partial charge in [-0.15, -0.1) is 0 Å². The molecule has 1 atom stereocenters. The average Bonchev–Trinajstić information content (AvgIpc) is 2.15. The van der Waals surface area contributed by atoms with Crippen molar-refractivity contribution in [2.45, 2.75) is 12.3 Å². The van der Waals surface area contributed by atoms with Crippen molar-refractivity contribution in [3.8, 4) is 0 Å². The highest BCUT2D eigenvalue weighted by atomic mass is 16.4. The standard InChI is InChI=1S/C10H9O4/c11-9(12)6-8(10(13)14)7-4-2-1-3-5-7/h2-5,8H,6H2,(H,11,12)(H,13,14). The molecule has 1 aromatic rings. The summed E-state index contributed by atoms with van der Waals surface area (Å²) in [4.78, 5) is 21.2. The van der Waals surface area contributed by atoms with Gasteiger partial charge in [-0.1, -0.05) is 24.3 Å². The van der Waals surface area contributed by atoms with E-state index in [1.165, 1.54) is 0 Å². The first kappa shape index (κ1) is 10.2. The largest absolute Gasteiger partial charge is 0.481 e. The highest BCUT2D eigenvalue weighted by Gasteiger charge is 2.22. The Kier molecular flexibility index (Phi) is 3.23. The minimum absolute atomic E-state index is 0.403. The number of benzene rings is 1. The Balaban J connectivity index is 2.89. The normalized spacial score (nSPS) is 12.0. The van der Waals surface area contributed by atoms with Crippen LogP contribution in [0.15, 0.2) is 24.3 Å². The molecule has 0 heterocycles. The Morgan fingerprint density at radius 3 is 2.29 bits per heavy atom. The zero-order valence-electron chi connectivity index (χ0n) is 7.30. The van der Waals surface area contributed by atoms with Crippen LogP contribution in [0.25, 0.3) is 0 Å². The van der Waals surface area contributed by atoms with Crippen LogP contribution < -0.4 is 0 Å². The smallest absolute Gasteiger partial charge is 0.311 e. The lowest BCUT2D eigenvalue weighted by Crippen LogP contribution is -2.15. The van der Waals surface area contributed by atoms with Gasteiger partial charge in [-0.3, -0.25) is 9.59 Å². The number of hydrogen-bond donors (Lipinski definition) is 2. The highest BCUT2D eigenvalue weighted by Crippen LogP contribution is 2.19. The van der Waals surface area contributed by atoms with E-state index < -0.39 is 24.3 Å². The lowest BCUT2D eigenvalue weighted by molar-refractivity contribution is -0.145. The molecule has 0 aliphatic heterocycles. The molecule has 0 bridgehead atoms. The molecule has 14 heavy (non-hydrogen) atoms. The van der Waals surface area contributed by atoms with Crippen molar-refractivity contribution in [2.75, 3.05) is 0 Å². The van der Waals surface area contributed by atoms with Gasteiger partial charge >= 0.3 is 11.9 Å². The van der Waals surface area contributed by atoms with Crippen molar-refractivity contribution in [2.24, 2.45) is 0 Å². The summed E-state index contributed by atoms with van der Waals surface area (Å²) in [5.41, 5.74) is 0.485. The van der Waals surface area contributed by atoms with Crippen LogP contribution in [-0.4, -0.2) is 22.2 Å². The van der Waals surface area contributed by atoms with Crippen LogP contribution in [0.2, 0.25) is 0 Å². The van der Waals surface area contributed by atoms with Gasteiger partial charge in [0.15, 0.2) is 0 Å². The van der Waals surface area contributed by atoms with E-state index >= 15 is 0 Å². The van der Waals surface area contributed by atoms with Crippen LogP contribution in [0, 0.1) is 6.07 Å². The Morgan fingerprint density at radius 1 is 1.29 bits per heavy atom. The van der Waals surface area contributed by atoms with Crippen molar-refractivity contribution >= 4 is 11.9 Å². The summed E-state index contributed by atoms with van der Waals surface area (Å²) in [6.07, 6.45) is -0.403. The fourth-order valence-corrected chi connectivity index (χ4v) is 1.15. The fourth-order valence-electron chi connectivity index (χ4n) is 1.15. The predicted molar refractivity (Wildman–Crippen MR) is 47.9 cm³/mol. The Morgan fingerprint density at radius 2 is 1.86 bits per heavy atom. The van der Waals surface area contributed by atoms with E-state index in [2.05, 4.69) is 6.07 Å². The first-order valence-electron chi connectivity index (χ1n) is 4.02. The quantitative estimate of drug-likeness (QED) is 0.751. The second-order valence-corrected chi connectivity index (χ2v) is 2.82. The fraction of sp³-hybridized carbons (Fsp3) is 0.200. The maximum Gasteiger partial charge on any atom is 0.311 e. The van der Waals surface area contributed by atoms with Gasteiger partial charge in [0.2, 0.25) is 0 Å². The van der Waals surface area contributed by atoms with Crippen molar-refractivity contribution in [3.63, 3.8) is 0 Å². The maximum absolute atomic E-state index is 10.8. The third-order valence-electron chi connectivity index (χ3n) is 1.82. The van der Waals surface area contributed by atoms with E-state index in [1.807, 2.05) is 0 Å². The first-order chi connectivity index (χ1) is 6.61. The van der Waals surface area contributed by atoms with E-state index in [0.29, 0.717) is 5.56 Å². The number of carboxylic acids is 2. The molecule has 1 unspecified atom stereocenters.